The molecular formula is C19H18F3NO3. The fraction of sp³-hybridized carbons (Fsp3) is 0.211. The maximum atomic E-state index is 13.2. The number of carbonyl (C=O) groups is 1. The number of carbonyl (C=O) groups excluding carboxylic acids is 1. The van der Waals surface area contributed by atoms with E-state index in [0.717, 1.165) is 5.56 Å². The third-order valence-electron chi connectivity index (χ3n) is 3.37. The Kier molecular flexibility index (Phi) is 6.66. The number of alkyl halides is 2. The number of rotatable bonds is 7. The highest BCUT2D eigenvalue weighted by Gasteiger charge is 2.11. The van der Waals surface area contributed by atoms with E-state index in [0.29, 0.717) is 11.3 Å². The second kappa shape index (κ2) is 8.94. The Balaban J connectivity index is 2.12. The molecule has 0 aliphatic heterocycles. The molecule has 1 N–H and O–H groups in total. The van der Waals surface area contributed by atoms with Crippen LogP contribution in [0.1, 0.15) is 18.1 Å². The van der Waals surface area contributed by atoms with Crippen molar-refractivity contribution in [3.05, 3.63) is 59.4 Å². The third kappa shape index (κ3) is 5.54. The van der Waals surface area contributed by atoms with Gasteiger partial charge in [0, 0.05) is 11.8 Å². The van der Waals surface area contributed by atoms with Crippen LogP contribution in [-0.4, -0.2) is 19.1 Å². The SMILES string of the molecule is CCOc1cc(/C=C/C(=O)Nc2cc(F)ccc2C)ccc1OC(F)F. The minimum Gasteiger partial charge on any atom is -0.490 e. The number of ether oxygens (including phenoxy) is 2. The zero-order valence-electron chi connectivity index (χ0n) is 14.3. The van der Waals surface area contributed by atoms with Gasteiger partial charge in [-0.05, 0) is 55.3 Å². The molecule has 2 aromatic carbocycles. The second-order valence-electron chi connectivity index (χ2n) is 5.30. The molecule has 4 nitrogen and oxygen atoms in total. The summed E-state index contributed by atoms with van der Waals surface area (Å²) in [4.78, 5) is 12.0. The minimum atomic E-state index is -2.96. The van der Waals surface area contributed by atoms with Gasteiger partial charge in [-0.3, -0.25) is 4.79 Å². The van der Waals surface area contributed by atoms with E-state index in [1.165, 1.54) is 42.5 Å². The number of nitrogens with one attached hydrogen (secondary N) is 1. The summed E-state index contributed by atoms with van der Waals surface area (Å²) in [5.41, 5.74) is 1.65. The van der Waals surface area contributed by atoms with Crippen molar-refractivity contribution in [2.24, 2.45) is 0 Å². The topological polar surface area (TPSA) is 47.6 Å². The number of hydrogen-bond donors (Lipinski definition) is 1. The van der Waals surface area contributed by atoms with Gasteiger partial charge in [0.2, 0.25) is 5.91 Å². The highest BCUT2D eigenvalue weighted by molar-refractivity contribution is 6.02. The summed E-state index contributed by atoms with van der Waals surface area (Å²) >= 11 is 0. The summed E-state index contributed by atoms with van der Waals surface area (Å²) in [6.45, 7) is 0.764. The summed E-state index contributed by atoms with van der Waals surface area (Å²) < 4.78 is 47.7. The van der Waals surface area contributed by atoms with Crippen molar-refractivity contribution in [1.82, 2.24) is 0 Å². The molecule has 0 radical (unpaired) electrons. The Morgan fingerprint density at radius 3 is 2.65 bits per heavy atom. The molecule has 7 heteroatoms. The average molecular weight is 365 g/mol. The first-order chi connectivity index (χ1) is 12.4. The van der Waals surface area contributed by atoms with Gasteiger partial charge in [-0.25, -0.2) is 4.39 Å². The normalized spacial score (nSPS) is 11.0. The molecule has 0 aliphatic carbocycles. The van der Waals surface area contributed by atoms with Crippen molar-refractivity contribution in [2.45, 2.75) is 20.5 Å². The van der Waals surface area contributed by atoms with E-state index in [9.17, 15) is 18.0 Å². The number of benzene rings is 2. The number of aryl methyl sites for hydroxylation is 1. The molecule has 0 atom stereocenters. The van der Waals surface area contributed by atoms with Crippen molar-refractivity contribution in [3.8, 4) is 11.5 Å². The first-order valence-corrected chi connectivity index (χ1v) is 7.86. The first kappa shape index (κ1) is 19.4. The standard InChI is InChI=1S/C19H18F3NO3/c1-3-25-17-10-13(5-8-16(17)26-19(21)22)6-9-18(24)23-15-11-14(20)7-4-12(15)2/h4-11,19H,3H2,1-2H3,(H,23,24)/b9-6+. The number of anilines is 1. The molecule has 0 unspecified atom stereocenters. The molecule has 0 aromatic heterocycles. The predicted molar refractivity (Wildman–Crippen MR) is 93.0 cm³/mol. The molecule has 0 bridgehead atoms. The maximum Gasteiger partial charge on any atom is 0.387 e. The summed E-state index contributed by atoms with van der Waals surface area (Å²) in [5, 5.41) is 2.58. The molecule has 2 rings (SSSR count). The van der Waals surface area contributed by atoms with E-state index in [1.807, 2.05) is 0 Å². The van der Waals surface area contributed by atoms with Gasteiger partial charge in [-0.2, -0.15) is 8.78 Å². The van der Waals surface area contributed by atoms with Crippen molar-refractivity contribution < 1.29 is 27.4 Å². The van der Waals surface area contributed by atoms with E-state index in [-0.39, 0.29) is 18.1 Å². The zero-order chi connectivity index (χ0) is 19.1. The molecule has 0 spiro atoms. The van der Waals surface area contributed by atoms with E-state index < -0.39 is 18.3 Å². The Morgan fingerprint density at radius 2 is 1.96 bits per heavy atom. The summed E-state index contributed by atoms with van der Waals surface area (Å²) in [5.74, 6) is -0.842. The van der Waals surface area contributed by atoms with Gasteiger partial charge in [0.15, 0.2) is 11.5 Å². The highest BCUT2D eigenvalue weighted by atomic mass is 19.3. The molecule has 26 heavy (non-hydrogen) atoms. The lowest BCUT2D eigenvalue weighted by Crippen LogP contribution is -2.09. The number of halogens is 3. The molecule has 0 saturated carbocycles. The molecular weight excluding hydrogens is 347 g/mol. The van der Waals surface area contributed by atoms with E-state index in [4.69, 9.17) is 4.74 Å². The summed E-state index contributed by atoms with van der Waals surface area (Å²) in [7, 11) is 0. The van der Waals surface area contributed by atoms with Crippen LogP contribution >= 0.6 is 0 Å². The molecule has 0 aliphatic rings. The third-order valence-corrected chi connectivity index (χ3v) is 3.37. The Hall–Kier alpha value is -2.96. The van der Waals surface area contributed by atoms with Crippen LogP contribution in [0.5, 0.6) is 11.5 Å². The fourth-order valence-corrected chi connectivity index (χ4v) is 2.17. The largest absolute Gasteiger partial charge is 0.490 e. The lowest BCUT2D eigenvalue weighted by atomic mass is 10.1. The van der Waals surface area contributed by atoms with Crippen LogP contribution in [0.4, 0.5) is 18.9 Å². The van der Waals surface area contributed by atoms with Gasteiger partial charge in [0.25, 0.3) is 0 Å². The van der Waals surface area contributed by atoms with Crippen LogP contribution in [0, 0.1) is 12.7 Å². The minimum absolute atomic E-state index is 0.0844. The van der Waals surface area contributed by atoms with Crippen LogP contribution in [-0.2, 0) is 4.79 Å². The summed E-state index contributed by atoms with van der Waals surface area (Å²) in [6.07, 6.45) is 2.74. The van der Waals surface area contributed by atoms with Crippen molar-refractivity contribution in [1.29, 1.82) is 0 Å². The summed E-state index contributed by atoms with van der Waals surface area (Å²) in [6, 6.07) is 8.43. The van der Waals surface area contributed by atoms with Gasteiger partial charge < -0.3 is 14.8 Å². The van der Waals surface area contributed by atoms with Crippen molar-refractivity contribution >= 4 is 17.7 Å². The average Bonchev–Trinajstić information content (AvgIpc) is 2.58. The van der Waals surface area contributed by atoms with Crippen LogP contribution in [0.15, 0.2) is 42.5 Å². The zero-order valence-corrected chi connectivity index (χ0v) is 14.3. The number of hydrogen-bond acceptors (Lipinski definition) is 3. The quantitative estimate of drug-likeness (QED) is 0.718. The van der Waals surface area contributed by atoms with E-state index in [2.05, 4.69) is 10.1 Å². The first-order valence-electron chi connectivity index (χ1n) is 7.86. The van der Waals surface area contributed by atoms with Crippen LogP contribution in [0.25, 0.3) is 6.08 Å². The highest BCUT2D eigenvalue weighted by Crippen LogP contribution is 2.30. The Labute approximate surface area is 149 Å². The lowest BCUT2D eigenvalue weighted by Gasteiger charge is -2.11. The second-order valence-corrected chi connectivity index (χ2v) is 5.30. The van der Waals surface area contributed by atoms with E-state index in [1.54, 1.807) is 19.9 Å². The molecule has 1 amide bonds. The van der Waals surface area contributed by atoms with Gasteiger partial charge in [-0.1, -0.05) is 12.1 Å². The lowest BCUT2D eigenvalue weighted by molar-refractivity contribution is -0.111. The molecule has 0 saturated heterocycles. The molecule has 0 fully saturated rings. The van der Waals surface area contributed by atoms with Crippen LogP contribution < -0.4 is 14.8 Å². The van der Waals surface area contributed by atoms with Gasteiger partial charge >= 0.3 is 6.61 Å². The van der Waals surface area contributed by atoms with Gasteiger partial charge in [-0.15, -0.1) is 0 Å². The maximum absolute atomic E-state index is 13.2. The Bertz CT molecular complexity index is 807. The van der Waals surface area contributed by atoms with Crippen LogP contribution in [0.3, 0.4) is 0 Å². The monoisotopic (exact) mass is 365 g/mol. The smallest absolute Gasteiger partial charge is 0.387 e. The van der Waals surface area contributed by atoms with E-state index >= 15 is 0 Å². The molecule has 2 aromatic rings. The Morgan fingerprint density at radius 1 is 1.19 bits per heavy atom. The van der Waals surface area contributed by atoms with Gasteiger partial charge in [0.1, 0.15) is 5.82 Å². The predicted octanol–water partition coefficient (Wildman–Crippen LogP) is 4.79. The number of amides is 1. The van der Waals surface area contributed by atoms with Gasteiger partial charge in [0.05, 0.1) is 6.61 Å². The van der Waals surface area contributed by atoms with Crippen molar-refractivity contribution in [3.63, 3.8) is 0 Å². The fourth-order valence-electron chi connectivity index (χ4n) is 2.17. The van der Waals surface area contributed by atoms with Crippen molar-refractivity contribution in [2.75, 3.05) is 11.9 Å². The van der Waals surface area contributed by atoms with Crippen LogP contribution in [0.2, 0.25) is 0 Å². The molecule has 0 heterocycles. The molecule has 138 valence electrons.